The molecule has 7 nitrogen and oxygen atoms in total. The quantitative estimate of drug-likeness (QED) is 0.919. The molecule has 2 unspecified atom stereocenters. The van der Waals surface area contributed by atoms with Gasteiger partial charge < -0.3 is 9.47 Å². The predicted molar refractivity (Wildman–Crippen MR) is 94.2 cm³/mol. The zero-order chi connectivity index (χ0) is 18.0. The number of rotatable bonds is 4. The largest absolute Gasteiger partial charge is 0.496 e. The molecule has 2 aromatic rings. The van der Waals surface area contributed by atoms with Crippen LogP contribution in [0.5, 0.6) is 5.75 Å². The third kappa shape index (κ3) is 3.45. The van der Waals surface area contributed by atoms with Crippen LogP contribution in [0.15, 0.2) is 18.2 Å². The number of ether oxygens (including phenoxy) is 2. The van der Waals surface area contributed by atoms with Gasteiger partial charge in [-0.15, -0.1) is 5.10 Å². The van der Waals surface area contributed by atoms with Crippen molar-refractivity contribution in [1.82, 2.24) is 14.8 Å². The van der Waals surface area contributed by atoms with Crippen molar-refractivity contribution < 1.29 is 14.3 Å². The first-order valence-electron chi connectivity index (χ1n) is 8.57. The fraction of sp³-hybridized carbons (Fsp3) is 0.500. The van der Waals surface area contributed by atoms with Crippen molar-refractivity contribution in [3.63, 3.8) is 0 Å². The average Bonchev–Trinajstić information content (AvgIpc) is 2.99. The van der Waals surface area contributed by atoms with E-state index in [1.54, 1.807) is 14.0 Å². The van der Waals surface area contributed by atoms with Crippen molar-refractivity contribution in [2.24, 2.45) is 0 Å². The molecule has 0 spiro atoms. The van der Waals surface area contributed by atoms with Gasteiger partial charge in [-0.2, -0.15) is 4.98 Å². The van der Waals surface area contributed by atoms with Crippen LogP contribution in [0.25, 0.3) is 0 Å². The first-order chi connectivity index (χ1) is 12.0. The van der Waals surface area contributed by atoms with E-state index in [-0.39, 0.29) is 17.9 Å². The molecule has 1 aromatic heterocycles. The van der Waals surface area contributed by atoms with E-state index in [1.807, 2.05) is 10.7 Å². The lowest BCUT2D eigenvalue weighted by Crippen LogP contribution is -2.25. The summed E-state index contributed by atoms with van der Waals surface area (Å²) in [5.41, 5.74) is 2.40. The van der Waals surface area contributed by atoms with Crippen LogP contribution in [0, 0.1) is 6.92 Å². The van der Waals surface area contributed by atoms with E-state index in [0.717, 1.165) is 24.4 Å². The normalized spacial score (nSPS) is 19.2. The molecule has 0 radical (unpaired) electrons. The molecule has 0 saturated heterocycles. The first-order valence-corrected chi connectivity index (χ1v) is 8.57. The molecule has 1 aliphatic rings. The van der Waals surface area contributed by atoms with Crippen molar-refractivity contribution >= 4 is 12.0 Å². The number of fused-ring (bicyclic) bond motifs is 1. The molecule has 25 heavy (non-hydrogen) atoms. The molecular weight excluding hydrogens is 320 g/mol. The summed E-state index contributed by atoms with van der Waals surface area (Å²) in [4.78, 5) is 16.0. The van der Waals surface area contributed by atoms with Gasteiger partial charge in [-0.25, -0.2) is 9.48 Å². The summed E-state index contributed by atoms with van der Waals surface area (Å²) in [5, 5.41) is 7.04. The van der Waals surface area contributed by atoms with E-state index in [9.17, 15) is 4.79 Å². The maximum atomic E-state index is 11.6. The zero-order valence-corrected chi connectivity index (χ0v) is 15.1. The second-order valence-corrected chi connectivity index (χ2v) is 6.27. The standard InChI is InChI=1S/C18H24N4O3/c1-5-25-18(23)20-17-19-16-9-7-13(12(3)22(16)21-17)14-10-11(2)6-8-15(14)24-4/h6,8,10,12-13H,5,7,9H2,1-4H3,(H,20,21,23). The number of anilines is 1. The third-order valence-corrected chi connectivity index (χ3v) is 4.62. The first kappa shape index (κ1) is 17.3. The van der Waals surface area contributed by atoms with E-state index in [0.29, 0.717) is 6.61 Å². The molecule has 0 bridgehead atoms. The molecule has 0 aliphatic carbocycles. The minimum absolute atomic E-state index is 0.115. The fourth-order valence-corrected chi connectivity index (χ4v) is 3.42. The van der Waals surface area contributed by atoms with Gasteiger partial charge in [-0.05, 0) is 38.8 Å². The molecule has 0 fully saturated rings. The lowest BCUT2D eigenvalue weighted by atomic mass is 9.84. The molecule has 1 N–H and O–H groups in total. The molecule has 1 aromatic carbocycles. The van der Waals surface area contributed by atoms with E-state index < -0.39 is 6.09 Å². The van der Waals surface area contributed by atoms with Crippen molar-refractivity contribution in [3.8, 4) is 5.75 Å². The number of aryl methyl sites for hydroxylation is 2. The molecule has 3 rings (SSSR count). The van der Waals surface area contributed by atoms with Crippen LogP contribution in [0.4, 0.5) is 10.7 Å². The summed E-state index contributed by atoms with van der Waals surface area (Å²) < 4.78 is 12.3. The smallest absolute Gasteiger partial charge is 0.414 e. The average molecular weight is 344 g/mol. The number of methoxy groups -OCH3 is 1. The molecule has 2 atom stereocenters. The van der Waals surface area contributed by atoms with Crippen molar-refractivity contribution in [1.29, 1.82) is 0 Å². The summed E-state index contributed by atoms with van der Waals surface area (Å²) in [7, 11) is 1.70. The van der Waals surface area contributed by atoms with Crippen LogP contribution in [0.1, 0.15) is 49.2 Å². The number of aromatic nitrogens is 3. The Morgan fingerprint density at radius 1 is 1.44 bits per heavy atom. The summed E-state index contributed by atoms with van der Waals surface area (Å²) in [5.74, 6) is 2.34. The van der Waals surface area contributed by atoms with Crippen molar-refractivity contribution in [3.05, 3.63) is 35.2 Å². The van der Waals surface area contributed by atoms with Crippen LogP contribution < -0.4 is 10.1 Å². The summed E-state index contributed by atoms with van der Waals surface area (Å²) in [6.45, 7) is 6.27. The number of hydrogen-bond acceptors (Lipinski definition) is 5. The van der Waals surface area contributed by atoms with Gasteiger partial charge in [-0.3, -0.25) is 5.32 Å². The molecule has 0 saturated carbocycles. The lowest BCUT2D eigenvalue weighted by molar-refractivity contribution is 0.167. The Labute approximate surface area is 147 Å². The van der Waals surface area contributed by atoms with Gasteiger partial charge in [0.1, 0.15) is 11.6 Å². The monoisotopic (exact) mass is 344 g/mol. The van der Waals surface area contributed by atoms with E-state index in [1.165, 1.54) is 11.1 Å². The van der Waals surface area contributed by atoms with Gasteiger partial charge in [-0.1, -0.05) is 17.7 Å². The van der Waals surface area contributed by atoms with Gasteiger partial charge >= 0.3 is 6.09 Å². The molecular formula is C18H24N4O3. The third-order valence-electron chi connectivity index (χ3n) is 4.62. The summed E-state index contributed by atoms with van der Waals surface area (Å²) in [6.07, 6.45) is 1.22. The number of nitrogens with one attached hydrogen (secondary N) is 1. The summed E-state index contributed by atoms with van der Waals surface area (Å²) >= 11 is 0. The number of nitrogens with zero attached hydrogens (tertiary/aromatic N) is 3. The van der Waals surface area contributed by atoms with E-state index >= 15 is 0 Å². The fourth-order valence-electron chi connectivity index (χ4n) is 3.42. The highest BCUT2D eigenvalue weighted by molar-refractivity contribution is 5.82. The second-order valence-electron chi connectivity index (χ2n) is 6.27. The molecule has 134 valence electrons. The number of carbonyl (C=O) groups is 1. The van der Waals surface area contributed by atoms with Crippen LogP contribution >= 0.6 is 0 Å². The van der Waals surface area contributed by atoms with Crippen molar-refractivity contribution in [2.45, 2.75) is 45.6 Å². The SMILES string of the molecule is CCOC(=O)Nc1nc2n(n1)C(C)C(c1cc(C)ccc1OC)CC2. The highest BCUT2D eigenvalue weighted by Crippen LogP contribution is 2.41. The Bertz CT molecular complexity index is 772. The van der Waals surface area contributed by atoms with Crippen LogP contribution in [-0.2, 0) is 11.2 Å². The Hall–Kier alpha value is -2.57. The number of carbonyl (C=O) groups excluding carboxylic acids is 1. The zero-order valence-electron chi connectivity index (χ0n) is 15.1. The Morgan fingerprint density at radius 2 is 2.24 bits per heavy atom. The van der Waals surface area contributed by atoms with Gasteiger partial charge in [0.05, 0.1) is 19.8 Å². The molecule has 1 amide bonds. The second kappa shape index (κ2) is 7.13. The summed E-state index contributed by atoms with van der Waals surface area (Å²) in [6, 6.07) is 6.37. The predicted octanol–water partition coefficient (Wildman–Crippen LogP) is 3.45. The molecule has 2 heterocycles. The lowest BCUT2D eigenvalue weighted by Gasteiger charge is -2.31. The Balaban J connectivity index is 1.86. The van der Waals surface area contributed by atoms with Crippen LogP contribution in [0.2, 0.25) is 0 Å². The maximum Gasteiger partial charge on any atom is 0.414 e. The maximum absolute atomic E-state index is 11.6. The number of hydrogen-bond donors (Lipinski definition) is 1. The minimum Gasteiger partial charge on any atom is -0.496 e. The van der Waals surface area contributed by atoms with Crippen LogP contribution in [-0.4, -0.2) is 34.6 Å². The molecule has 7 heteroatoms. The van der Waals surface area contributed by atoms with Gasteiger partial charge in [0.25, 0.3) is 5.95 Å². The Morgan fingerprint density at radius 3 is 2.96 bits per heavy atom. The van der Waals surface area contributed by atoms with E-state index in [4.69, 9.17) is 9.47 Å². The minimum atomic E-state index is -0.532. The van der Waals surface area contributed by atoms with Gasteiger partial charge in [0.15, 0.2) is 0 Å². The van der Waals surface area contributed by atoms with Crippen molar-refractivity contribution in [2.75, 3.05) is 19.0 Å². The van der Waals surface area contributed by atoms with Gasteiger partial charge in [0.2, 0.25) is 0 Å². The number of benzene rings is 1. The van der Waals surface area contributed by atoms with Crippen LogP contribution in [0.3, 0.4) is 0 Å². The Kier molecular flexibility index (Phi) is 4.92. The molecule has 1 aliphatic heterocycles. The number of amides is 1. The highest BCUT2D eigenvalue weighted by Gasteiger charge is 2.31. The van der Waals surface area contributed by atoms with Gasteiger partial charge in [0, 0.05) is 12.3 Å². The topological polar surface area (TPSA) is 78.3 Å². The highest BCUT2D eigenvalue weighted by atomic mass is 16.5. The van der Waals surface area contributed by atoms with E-state index in [2.05, 4.69) is 41.4 Å².